The van der Waals surface area contributed by atoms with E-state index in [0.29, 0.717) is 12.3 Å². The van der Waals surface area contributed by atoms with Crippen molar-refractivity contribution < 1.29 is 4.84 Å². The lowest BCUT2D eigenvalue weighted by Gasteiger charge is -2.00. The molecule has 3 nitrogen and oxygen atoms in total. The lowest BCUT2D eigenvalue weighted by molar-refractivity contribution is 0.212. The highest BCUT2D eigenvalue weighted by atomic mass is 16.6. The molecule has 0 unspecified atom stereocenters. The second-order valence-electron chi connectivity index (χ2n) is 2.93. The van der Waals surface area contributed by atoms with E-state index in [1.807, 2.05) is 12.1 Å². The first-order chi connectivity index (χ1) is 6.22. The number of nitrogens with zero attached hydrogens (tertiary/aromatic N) is 1. The Hall–Kier alpha value is -1.51. The van der Waals surface area contributed by atoms with Crippen molar-refractivity contribution in [1.82, 2.24) is 0 Å². The van der Waals surface area contributed by atoms with E-state index in [1.54, 1.807) is 0 Å². The number of nitrogens with two attached hydrogens (primary N) is 1. The van der Waals surface area contributed by atoms with E-state index in [0.717, 1.165) is 5.56 Å². The average Bonchev–Trinajstić information content (AvgIpc) is 2.09. The van der Waals surface area contributed by atoms with Crippen LogP contribution in [0.3, 0.4) is 0 Å². The smallest absolute Gasteiger partial charge is 0.143 e. The lowest BCUT2D eigenvalue weighted by atomic mass is 10.1. The molecule has 0 spiro atoms. The van der Waals surface area contributed by atoms with Crippen molar-refractivity contribution in [3.8, 4) is 0 Å². The van der Waals surface area contributed by atoms with Gasteiger partial charge < -0.3 is 10.6 Å². The standard InChI is InChI=1S/C10H14N2O/c1-8-3-5-9(6-4-8)7-10(11)12-13-2/h3-6H,7H2,1-2H3,(H2,11,12). The molecule has 0 aliphatic heterocycles. The molecule has 13 heavy (non-hydrogen) atoms. The van der Waals surface area contributed by atoms with Crippen molar-refractivity contribution in [3.63, 3.8) is 0 Å². The third-order valence-corrected chi connectivity index (χ3v) is 1.71. The molecule has 0 fully saturated rings. The predicted molar refractivity (Wildman–Crippen MR) is 53.5 cm³/mol. The van der Waals surface area contributed by atoms with Crippen molar-refractivity contribution in [2.75, 3.05) is 7.11 Å². The van der Waals surface area contributed by atoms with Gasteiger partial charge in [0.15, 0.2) is 0 Å². The van der Waals surface area contributed by atoms with Crippen LogP contribution in [-0.4, -0.2) is 12.9 Å². The third-order valence-electron chi connectivity index (χ3n) is 1.71. The van der Waals surface area contributed by atoms with Crippen molar-refractivity contribution in [2.45, 2.75) is 13.3 Å². The van der Waals surface area contributed by atoms with Crippen LogP contribution in [0.2, 0.25) is 0 Å². The van der Waals surface area contributed by atoms with Gasteiger partial charge in [0.05, 0.1) is 0 Å². The molecule has 0 atom stereocenters. The normalized spacial score (nSPS) is 11.4. The zero-order valence-corrected chi connectivity index (χ0v) is 7.95. The number of benzene rings is 1. The summed E-state index contributed by atoms with van der Waals surface area (Å²) in [5.74, 6) is 0.492. The summed E-state index contributed by atoms with van der Waals surface area (Å²) in [5.41, 5.74) is 7.96. The lowest BCUT2D eigenvalue weighted by Crippen LogP contribution is -2.15. The molecule has 0 radical (unpaired) electrons. The number of hydrogen-bond donors (Lipinski definition) is 1. The molecule has 3 heteroatoms. The molecule has 0 amide bonds. The van der Waals surface area contributed by atoms with Crippen LogP contribution in [0, 0.1) is 6.92 Å². The zero-order valence-electron chi connectivity index (χ0n) is 7.95. The minimum atomic E-state index is 0.492. The molecule has 1 aromatic rings. The Morgan fingerprint density at radius 2 is 2.00 bits per heavy atom. The van der Waals surface area contributed by atoms with Gasteiger partial charge in [0, 0.05) is 6.42 Å². The Morgan fingerprint density at radius 3 is 2.54 bits per heavy atom. The highest BCUT2D eigenvalue weighted by Gasteiger charge is 1.96. The summed E-state index contributed by atoms with van der Waals surface area (Å²) >= 11 is 0. The van der Waals surface area contributed by atoms with Gasteiger partial charge in [-0.1, -0.05) is 35.0 Å². The predicted octanol–water partition coefficient (Wildman–Crippen LogP) is 1.46. The maximum atomic E-state index is 5.58. The number of rotatable bonds is 3. The van der Waals surface area contributed by atoms with Crippen molar-refractivity contribution in [2.24, 2.45) is 10.9 Å². The van der Waals surface area contributed by atoms with E-state index in [1.165, 1.54) is 12.7 Å². The first kappa shape index (κ1) is 9.58. The summed E-state index contributed by atoms with van der Waals surface area (Å²) in [6, 6.07) is 8.17. The second kappa shape index (κ2) is 4.50. The second-order valence-corrected chi connectivity index (χ2v) is 2.93. The van der Waals surface area contributed by atoms with Crippen molar-refractivity contribution in [1.29, 1.82) is 0 Å². The van der Waals surface area contributed by atoms with Gasteiger partial charge in [0.1, 0.15) is 12.9 Å². The molecule has 0 aromatic heterocycles. The zero-order chi connectivity index (χ0) is 9.68. The number of oxime groups is 1. The van der Waals surface area contributed by atoms with Gasteiger partial charge in [0.25, 0.3) is 0 Å². The Labute approximate surface area is 78.2 Å². The summed E-state index contributed by atoms with van der Waals surface area (Å²) < 4.78 is 0. The van der Waals surface area contributed by atoms with E-state index in [2.05, 4.69) is 29.0 Å². The maximum absolute atomic E-state index is 5.58. The van der Waals surface area contributed by atoms with Crippen molar-refractivity contribution >= 4 is 5.84 Å². The fraction of sp³-hybridized carbons (Fsp3) is 0.300. The number of amidine groups is 1. The number of aryl methyl sites for hydroxylation is 1. The molecule has 0 heterocycles. The van der Waals surface area contributed by atoms with Crippen LogP contribution < -0.4 is 5.73 Å². The number of hydrogen-bond acceptors (Lipinski definition) is 2. The van der Waals surface area contributed by atoms with E-state index < -0.39 is 0 Å². The molecular formula is C10H14N2O. The van der Waals surface area contributed by atoms with E-state index >= 15 is 0 Å². The Bertz CT molecular complexity index is 290. The molecule has 0 saturated carbocycles. The molecule has 0 aliphatic rings. The summed E-state index contributed by atoms with van der Waals surface area (Å²) in [7, 11) is 1.49. The Balaban J connectivity index is 2.64. The summed E-state index contributed by atoms with van der Waals surface area (Å²) in [6.07, 6.45) is 0.633. The van der Waals surface area contributed by atoms with Crippen LogP contribution >= 0.6 is 0 Å². The fourth-order valence-electron chi connectivity index (χ4n) is 1.06. The van der Waals surface area contributed by atoms with Gasteiger partial charge in [-0.15, -0.1) is 0 Å². The Kier molecular flexibility index (Phi) is 3.31. The molecule has 0 bridgehead atoms. The monoisotopic (exact) mass is 178 g/mol. The quantitative estimate of drug-likeness (QED) is 0.432. The average molecular weight is 178 g/mol. The van der Waals surface area contributed by atoms with Gasteiger partial charge >= 0.3 is 0 Å². The molecule has 1 aromatic carbocycles. The van der Waals surface area contributed by atoms with Crippen molar-refractivity contribution in [3.05, 3.63) is 35.4 Å². The van der Waals surface area contributed by atoms with Gasteiger partial charge in [-0.05, 0) is 12.5 Å². The molecule has 0 aliphatic carbocycles. The van der Waals surface area contributed by atoms with Gasteiger partial charge in [-0.2, -0.15) is 0 Å². The molecule has 1 rings (SSSR count). The maximum Gasteiger partial charge on any atom is 0.143 e. The first-order valence-electron chi connectivity index (χ1n) is 4.13. The van der Waals surface area contributed by atoms with Gasteiger partial charge in [-0.25, -0.2) is 0 Å². The first-order valence-corrected chi connectivity index (χ1v) is 4.13. The molecule has 0 saturated heterocycles. The minimum Gasteiger partial charge on any atom is -0.398 e. The van der Waals surface area contributed by atoms with Crippen LogP contribution in [0.5, 0.6) is 0 Å². The Morgan fingerprint density at radius 1 is 1.38 bits per heavy atom. The fourth-order valence-corrected chi connectivity index (χ4v) is 1.06. The molecular weight excluding hydrogens is 164 g/mol. The van der Waals surface area contributed by atoms with Crippen LogP contribution in [0.1, 0.15) is 11.1 Å². The summed E-state index contributed by atoms with van der Waals surface area (Å²) in [6.45, 7) is 2.05. The highest BCUT2D eigenvalue weighted by molar-refractivity contribution is 5.82. The van der Waals surface area contributed by atoms with Gasteiger partial charge in [-0.3, -0.25) is 0 Å². The topological polar surface area (TPSA) is 47.6 Å². The van der Waals surface area contributed by atoms with E-state index in [9.17, 15) is 0 Å². The summed E-state index contributed by atoms with van der Waals surface area (Å²) in [4.78, 5) is 4.56. The minimum absolute atomic E-state index is 0.492. The van der Waals surface area contributed by atoms with Gasteiger partial charge in [0.2, 0.25) is 0 Å². The summed E-state index contributed by atoms with van der Waals surface area (Å²) in [5, 5.41) is 3.64. The SMILES string of the molecule is CO/N=C(/N)Cc1ccc(C)cc1. The molecule has 70 valence electrons. The van der Waals surface area contributed by atoms with E-state index in [4.69, 9.17) is 5.73 Å². The largest absolute Gasteiger partial charge is 0.398 e. The highest BCUT2D eigenvalue weighted by Crippen LogP contribution is 2.03. The van der Waals surface area contributed by atoms with Crippen LogP contribution in [0.25, 0.3) is 0 Å². The van der Waals surface area contributed by atoms with Crippen LogP contribution in [-0.2, 0) is 11.3 Å². The van der Waals surface area contributed by atoms with E-state index in [-0.39, 0.29) is 0 Å². The van der Waals surface area contributed by atoms with Crippen LogP contribution in [0.4, 0.5) is 0 Å². The molecule has 2 N–H and O–H groups in total. The van der Waals surface area contributed by atoms with Crippen LogP contribution in [0.15, 0.2) is 29.4 Å². The third kappa shape index (κ3) is 3.15.